The Morgan fingerprint density at radius 3 is 2.53 bits per heavy atom. The minimum Gasteiger partial charge on any atom is -0.351 e. The molecule has 1 aromatic carbocycles. The summed E-state index contributed by atoms with van der Waals surface area (Å²) in [5, 5.41) is 5.61. The number of benzene rings is 1. The van der Waals surface area contributed by atoms with Crippen LogP contribution < -0.4 is 10.6 Å². The van der Waals surface area contributed by atoms with Gasteiger partial charge in [0.2, 0.25) is 5.91 Å². The first-order valence-corrected chi connectivity index (χ1v) is 8.64. The zero-order chi connectivity index (χ0) is 21.4. The lowest BCUT2D eigenvalue weighted by Gasteiger charge is -2.15. The van der Waals surface area contributed by atoms with Crippen LogP contribution in [0.4, 0.5) is 17.6 Å². The largest absolute Gasteiger partial charge is 0.416 e. The Morgan fingerprint density at radius 1 is 1.17 bits per heavy atom. The maximum absolute atomic E-state index is 13.7. The molecule has 30 heavy (non-hydrogen) atoms. The van der Waals surface area contributed by atoms with Crippen LogP contribution in [0.2, 0.25) is 0 Å². The van der Waals surface area contributed by atoms with E-state index in [1.54, 1.807) is 14.1 Å². The van der Waals surface area contributed by atoms with Crippen LogP contribution in [0.5, 0.6) is 0 Å². The third-order valence-electron chi connectivity index (χ3n) is 3.84. The van der Waals surface area contributed by atoms with Gasteiger partial charge in [0.15, 0.2) is 5.96 Å². The Kier molecular flexibility index (Phi) is 9.96. The second kappa shape index (κ2) is 11.7. The molecule has 1 heterocycles. The summed E-state index contributed by atoms with van der Waals surface area (Å²) in [7, 11) is 3.17. The van der Waals surface area contributed by atoms with Gasteiger partial charge in [-0.05, 0) is 29.8 Å². The van der Waals surface area contributed by atoms with Gasteiger partial charge < -0.3 is 15.5 Å². The SMILES string of the molecule is CN(C)C(=O)CNC(=NCc1cccc(C(F)(F)F)c1)NCc1ncccc1F.I. The quantitative estimate of drug-likeness (QED) is 0.256. The van der Waals surface area contributed by atoms with Gasteiger partial charge in [0.1, 0.15) is 5.82 Å². The number of aliphatic imine (C=N–C) groups is 1. The van der Waals surface area contributed by atoms with E-state index in [4.69, 9.17) is 0 Å². The molecule has 2 rings (SSSR count). The number of guanidine groups is 1. The molecular formula is C19H22F4IN5O. The zero-order valence-corrected chi connectivity index (χ0v) is 18.7. The van der Waals surface area contributed by atoms with E-state index in [2.05, 4.69) is 20.6 Å². The molecule has 0 aliphatic carbocycles. The number of carbonyl (C=O) groups excluding carboxylic acids is 1. The predicted molar refractivity (Wildman–Crippen MR) is 116 cm³/mol. The molecule has 11 heteroatoms. The Balaban J connectivity index is 0.00000450. The summed E-state index contributed by atoms with van der Waals surface area (Å²) in [6, 6.07) is 7.50. The fraction of sp³-hybridized carbons (Fsp3) is 0.316. The van der Waals surface area contributed by atoms with Crippen molar-refractivity contribution in [2.24, 2.45) is 4.99 Å². The molecule has 0 radical (unpaired) electrons. The molecule has 0 unspecified atom stereocenters. The van der Waals surface area contributed by atoms with Crippen LogP contribution in [-0.4, -0.2) is 42.4 Å². The third kappa shape index (κ3) is 8.13. The molecular weight excluding hydrogens is 517 g/mol. The van der Waals surface area contributed by atoms with Crippen molar-refractivity contribution in [3.05, 3.63) is 65.2 Å². The summed E-state index contributed by atoms with van der Waals surface area (Å²) in [5.74, 6) is -0.605. The zero-order valence-electron chi connectivity index (χ0n) is 16.3. The Labute approximate surface area is 188 Å². The van der Waals surface area contributed by atoms with Crippen LogP contribution >= 0.6 is 24.0 Å². The van der Waals surface area contributed by atoms with E-state index < -0.39 is 17.6 Å². The summed E-state index contributed by atoms with van der Waals surface area (Å²) in [6.07, 6.45) is -3.02. The lowest BCUT2D eigenvalue weighted by molar-refractivity contribution is -0.137. The van der Waals surface area contributed by atoms with Crippen molar-refractivity contribution in [3.8, 4) is 0 Å². The fourth-order valence-electron chi connectivity index (χ4n) is 2.22. The van der Waals surface area contributed by atoms with Crippen molar-refractivity contribution in [1.29, 1.82) is 0 Å². The van der Waals surface area contributed by atoms with Crippen LogP contribution in [0.3, 0.4) is 0 Å². The first-order chi connectivity index (χ1) is 13.7. The van der Waals surface area contributed by atoms with Crippen LogP contribution in [0.25, 0.3) is 0 Å². The monoisotopic (exact) mass is 539 g/mol. The second-order valence-corrected chi connectivity index (χ2v) is 6.29. The van der Waals surface area contributed by atoms with Gasteiger partial charge in [0.05, 0.1) is 30.9 Å². The van der Waals surface area contributed by atoms with Crippen molar-refractivity contribution in [2.75, 3.05) is 20.6 Å². The third-order valence-corrected chi connectivity index (χ3v) is 3.84. The number of hydrogen-bond donors (Lipinski definition) is 2. The van der Waals surface area contributed by atoms with Crippen molar-refractivity contribution in [3.63, 3.8) is 0 Å². The molecule has 1 amide bonds. The number of nitrogens with one attached hydrogen (secondary N) is 2. The van der Waals surface area contributed by atoms with E-state index in [0.29, 0.717) is 5.56 Å². The molecule has 0 aliphatic heterocycles. The van der Waals surface area contributed by atoms with Gasteiger partial charge in [-0.2, -0.15) is 13.2 Å². The highest BCUT2D eigenvalue weighted by Gasteiger charge is 2.30. The first-order valence-electron chi connectivity index (χ1n) is 8.64. The van der Waals surface area contributed by atoms with Crippen LogP contribution in [0.15, 0.2) is 47.6 Å². The molecule has 6 nitrogen and oxygen atoms in total. The number of aromatic nitrogens is 1. The molecule has 2 N–H and O–H groups in total. The number of halogens is 5. The molecule has 0 bridgehead atoms. The van der Waals surface area contributed by atoms with E-state index in [9.17, 15) is 22.4 Å². The molecule has 0 spiro atoms. The lowest BCUT2D eigenvalue weighted by atomic mass is 10.1. The van der Waals surface area contributed by atoms with E-state index in [-0.39, 0.29) is 61.2 Å². The normalized spacial score (nSPS) is 11.5. The number of hydrogen-bond acceptors (Lipinski definition) is 3. The van der Waals surface area contributed by atoms with Crippen molar-refractivity contribution in [1.82, 2.24) is 20.5 Å². The van der Waals surface area contributed by atoms with E-state index in [0.717, 1.165) is 12.1 Å². The van der Waals surface area contributed by atoms with Crippen molar-refractivity contribution >= 4 is 35.8 Å². The average molecular weight is 539 g/mol. The Morgan fingerprint density at radius 2 is 1.90 bits per heavy atom. The molecule has 0 saturated heterocycles. The second-order valence-electron chi connectivity index (χ2n) is 6.29. The standard InChI is InChI=1S/C19H21F4N5O.HI/c1-28(2)17(29)12-27-18(26-11-16-15(20)7-4-8-24-16)25-10-13-5-3-6-14(9-13)19(21,22)23;/h3-9H,10-12H2,1-2H3,(H2,25,26,27);1H. The summed E-state index contributed by atoms with van der Waals surface area (Å²) >= 11 is 0. The molecule has 1 aromatic heterocycles. The summed E-state index contributed by atoms with van der Waals surface area (Å²) in [5.41, 5.74) is -0.296. The van der Waals surface area contributed by atoms with Crippen molar-refractivity contribution in [2.45, 2.75) is 19.3 Å². The minimum atomic E-state index is -4.45. The maximum Gasteiger partial charge on any atom is 0.416 e. The van der Waals surface area contributed by atoms with Gasteiger partial charge in [-0.1, -0.05) is 12.1 Å². The van der Waals surface area contributed by atoms with Gasteiger partial charge in [0.25, 0.3) is 0 Å². The summed E-state index contributed by atoms with van der Waals surface area (Å²) in [6.45, 7) is -0.177. The summed E-state index contributed by atoms with van der Waals surface area (Å²) in [4.78, 5) is 21.3. The van der Waals surface area contributed by atoms with Crippen molar-refractivity contribution < 1.29 is 22.4 Å². The number of carbonyl (C=O) groups is 1. The Hall–Kier alpha value is -2.44. The topological polar surface area (TPSA) is 69.6 Å². The molecule has 2 aromatic rings. The van der Waals surface area contributed by atoms with Gasteiger partial charge in [-0.15, -0.1) is 24.0 Å². The lowest BCUT2D eigenvalue weighted by Crippen LogP contribution is -2.42. The van der Waals surface area contributed by atoms with Gasteiger partial charge in [0, 0.05) is 20.3 Å². The highest BCUT2D eigenvalue weighted by atomic mass is 127. The first kappa shape index (κ1) is 25.6. The highest BCUT2D eigenvalue weighted by molar-refractivity contribution is 14.0. The minimum absolute atomic E-state index is 0. The number of likely N-dealkylation sites (N-methyl/N-ethyl adjacent to an activating group) is 1. The van der Waals surface area contributed by atoms with E-state index in [1.807, 2.05) is 0 Å². The molecule has 0 saturated carbocycles. The predicted octanol–water partition coefficient (Wildman–Crippen LogP) is 3.18. The van der Waals surface area contributed by atoms with Gasteiger partial charge in [-0.3, -0.25) is 9.78 Å². The van der Waals surface area contributed by atoms with Gasteiger partial charge >= 0.3 is 6.18 Å². The van der Waals surface area contributed by atoms with Crippen LogP contribution in [0, 0.1) is 5.82 Å². The van der Waals surface area contributed by atoms with Crippen LogP contribution in [-0.2, 0) is 24.1 Å². The highest BCUT2D eigenvalue weighted by Crippen LogP contribution is 2.29. The smallest absolute Gasteiger partial charge is 0.351 e. The molecule has 0 atom stereocenters. The van der Waals surface area contributed by atoms with Gasteiger partial charge in [-0.25, -0.2) is 9.38 Å². The maximum atomic E-state index is 13.7. The number of alkyl halides is 3. The summed E-state index contributed by atoms with van der Waals surface area (Å²) < 4.78 is 52.3. The number of pyridine rings is 1. The van der Waals surface area contributed by atoms with E-state index in [1.165, 1.54) is 35.4 Å². The molecule has 164 valence electrons. The fourth-order valence-corrected chi connectivity index (χ4v) is 2.22. The molecule has 0 aliphatic rings. The average Bonchev–Trinajstić information content (AvgIpc) is 2.67. The van der Waals surface area contributed by atoms with E-state index >= 15 is 0 Å². The van der Waals surface area contributed by atoms with Crippen LogP contribution in [0.1, 0.15) is 16.8 Å². The number of amides is 1. The molecule has 0 fully saturated rings. The number of rotatable bonds is 6. The Bertz CT molecular complexity index is 874. The number of nitrogens with zero attached hydrogens (tertiary/aromatic N) is 3.